The molecule has 3 nitrogen and oxygen atoms in total. The highest BCUT2D eigenvalue weighted by atomic mass is 35.5. The van der Waals surface area contributed by atoms with Gasteiger partial charge >= 0.3 is 0 Å². The van der Waals surface area contributed by atoms with E-state index in [2.05, 4.69) is 0 Å². The molecule has 0 radical (unpaired) electrons. The molecule has 0 spiro atoms. The highest BCUT2D eigenvalue weighted by Gasteiger charge is 2.31. The summed E-state index contributed by atoms with van der Waals surface area (Å²) < 4.78 is 12.9. The molecule has 0 bridgehead atoms. The third-order valence-electron chi connectivity index (χ3n) is 2.03. The molecule has 1 saturated heterocycles. The van der Waals surface area contributed by atoms with Gasteiger partial charge in [0.05, 0.1) is 10.8 Å². The molecule has 1 amide bonds. The van der Waals surface area contributed by atoms with E-state index in [9.17, 15) is 14.3 Å². The molecule has 1 fully saturated rings. The zero-order valence-corrected chi connectivity index (χ0v) is 9.06. The molecule has 1 heterocycles. The fourth-order valence-corrected chi connectivity index (χ4v) is 2.31. The van der Waals surface area contributed by atoms with Crippen LogP contribution in [0.5, 0.6) is 0 Å². The van der Waals surface area contributed by atoms with Gasteiger partial charge in [-0.2, -0.15) is 0 Å². The lowest BCUT2D eigenvalue weighted by Crippen LogP contribution is -2.32. The number of nitrogens with zero attached hydrogens (tertiary/aromatic N) is 1. The van der Waals surface area contributed by atoms with Crippen LogP contribution >= 0.6 is 23.4 Å². The van der Waals surface area contributed by atoms with Crippen molar-refractivity contribution in [2.75, 3.05) is 10.7 Å². The third-order valence-corrected chi connectivity index (χ3v) is 3.24. The fraction of sp³-hybridized carbons (Fsp3) is 0.222. The molecular weight excluding hydrogens is 241 g/mol. The predicted octanol–water partition coefficient (Wildman–Crippen LogP) is 1.83. The zero-order valence-electron chi connectivity index (χ0n) is 7.48. The van der Waals surface area contributed by atoms with Crippen LogP contribution in [0.2, 0.25) is 5.02 Å². The summed E-state index contributed by atoms with van der Waals surface area (Å²) in [7, 11) is 0. The topological polar surface area (TPSA) is 40.5 Å². The number of thioether (sulfide) groups is 1. The summed E-state index contributed by atoms with van der Waals surface area (Å²) in [6.07, 6.45) is 0. The van der Waals surface area contributed by atoms with Gasteiger partial charge < -0.3 is 5.11 Å². The quantitative estimate of drug-likeness (QED) is 0.823. The van der Waals surface area contributed by atoms with Crippen LogP contribution in [-0.4, -0.2) is 22.3 Å². The molecule has 0 aromatic heterocycles. The van der Waals surface area contributed by atoms with Gasteiger partial charge in [-0.15, -0.1) is 0 Å². The van der Waals surface area contributed by atoms with Gasteiger partial charge in [0, 0.05) is 5.69 Å². The molecule has 0 saturated carbocycles. The van der Waals surface area contributed by atoms with E-state index in [1.165, 1.54) is 23.1 Å². The Kier molecular flexibility index (Phi) is 2.86. The van der Waals surface area contributed by atoms with E-state index in [1.807, 2.05) is 0 Å². The van der Waals surface area contributed by atoms with Crippen LogP contribution in [0.25, 0.3) is 0 Å². The minimum Gasteiger partial charge on any atom is -0.364 e. The molecule has 1 N–H and O–H groups in total. The van der Waals surface area contributed by atoms with Crippen molar-refractivity contribution in [3.8, 4) is 0 Å². The van der Waals surface area contributed by atoms with Crippen LogP contribution in [0, 0.1) is 5.82 Å². The van der Waals surface area contributed by atoms with E-state index in [-0.39, 0.29) is 16.7 Å². The first-order valence-corrected chi connectivity index (χ1v) is 5.59. The molecule has 80 valence electrons. The first kappa shape index (κ1) is 10.7. The standard InChI is InChI=1S/C9H7ClFNO2S/c10-6-3-5(1-2-7(6)11)12-8(13)4-15-9(12)14/h1-3,9,14H,4H2. The normalized spacial score (nSPS) is 21.1. The van der Waals surface area contributed by atoms with Gasteiger partial charge in [-0.05, 0) is 18.2 Å². The number of rotatable bonds is 1. The Hall–Kier alpha value is -0.780. The number of amides is 1. The van der Waals surface area contributed by atoms with Gasteiger partial charge in [-0.1, -0.05) is 23.4 Å². The van der Waals surface area contributed by atoms with Crippen molar-refractivity contribution in [3.05, 3.63) is 29.0 Å². The van der Waals surface area contributed by atoms with Crippen LogP contribution in [0.1, 0.15) is 0 Å². The van der Waals surface area contributed by atoms with E-state index in [0.717, 1.165) is 11.8 Å². The Morgan fingerprint density at radius 1 is 1.60 bits per heavy atom. The van der Waals surface area contributed by atoms with Crippen molar-refractivity contribution in [2.24, 2.45) is 0 Å². The van der Waals surface area contributed by atoms with Crippen molar-refractivity contribution < 1.29 is 14.3 Å². The number of hydrogen-bond donors (Lipinski definition) is 1. The van der Waals surface area contributed by atoms with Crippen LogP contribution < -0.4 is 4.90 Å². The molecular formula is C9H7ClFNO2S. The second kappa shape index (κ2) is 4.00. The van der Waals surface area contributed by atoms with Gasteiger partial charge in [0.2, 0.25) is 5.91 Å². The summed E-state index contributed by atoms with van der Waals surface area (Å²) in [6.45, 7) is 0. The Bertz CT molecular complexity index is 415. The summed E-state index contributed by atoms with van der Waals surface area (Å²) in [6, 6.07) is 3.90. The molecule has 6 heteroatoms. The molecule has 1 aliphatic heterocycles. The van der Waals surface area contributed by atoms with Crippen LogP contribution in [-0.2, 0) is 4.79 Å². The van der Waals surface area contributed by atoms with E-state index < -0.39 is 11.4 Å². The Morgan fingerprint density at radius 2 is 2.33 bits per heavy atom. The summed E-state index contributed by atoms with van der Waals surface area (Å²) in [5, 5.41) is 9.44. The van der Waals surface area contributed by atoms with Crippen LogP contribution in [0.3, 0.4) is 0 Å². The lowest BCUT2D eigenvalue weighted by atomic mass is 10.3. The number of carbonyl (C=O) groups excluding carboxylic acids is 1. The molecule has 1 unspecified atom stereocenters. The Labute approximate surface area is 94.8 Å². The summed E-state index contributed by atoms with van der Waals surface area (Å²) in [5.74, 6) is -0.541. The molecule has 15 heavy (non-hydrogen) atoms. The van der Waals surface area contributed by atoms with E-state index >= 15 is 0 Å². The van der Waals surface area contributed by atoms with Crippen molar-refractivity contribution in [2.45, 2.75) is 5.56 Å². The maximum Gasteiger partial charge on any atom is 0.239 e. The Balaban J connectivity index is 2.36. The van der Waals surface area contributed by atoms with Gasteiger partial charge in [-0.25, -0.2) is 4.39 Å². The van der Waals surface area contributed by atoms with Crippen molar-refractivity contribution >= 4 is 35.0 Å². The van der Waals surface area contributed by atoms with Gasteiger partial charge in [0.1, 0.15) is 5.82 Å². The second-order valence-electron chi connectivity index (χ2n) is 3.00. The SMILES string of the molecule is O=C1CSC(O)N1c1ccc(F)c(Cl)c1. The summed E-state index contributed by atoms with van der Waals surface area (Å²) in [4.78, 5) is 12.6. The van der Waals surface area contributed by atoms with Gasteiger partial charge in [0.15, 0.2) is 5.56 Å². The number of anilines is 1. The molecule has 1 aromatic rings. The predicted molar refractivity (Wildman–Crippen MR) is 57.4 cm³/mol. The van der Waals surface area contributed by atoms with Crippen molar-refractivity contribution in [3.63, 3.8) is 0 Å². The van der Waals surface area contributed by atoms with Crippen LogP contribution in [0.15, 0.2) is 18.2 Å². The van der Waals surface area contributed by atoms with E-state index in [4.69, 9.17) is 11.6 Å². The summed E-state index contributed by atoms with van der Waals surface area (Å²) in [5.41, 5.74) is -0.511. The number of aliphatic hydroxyl groups is 1. The number of aliphatic hydroxyl groups excluding tert-OH is 1. The fourth-order valence-electron chi connectivity index (χ4n) is 1.32. The minimum atomic E-state index is -0.918. The average molecular weight is 248 g/mol. The highest BCUT2D eigenvalue weighted by Crippen LogP contribution is 2.31. The lowest BCUT2D eigenvalue weighted by Gasteiger charge is -2.19. The maximum atomic E-state index is 12.9. The van der Waals surface area contributed by atoms with E-state index in [1.54, 1.807) is 0 Å². The summed E-state index contributed by atoms with van der Waals surface area (Å²) >= 11 is 6.70. The number of carbonyl (C=O) groups is 1. The molecule has 1 aliphatic rings. The third kappa shape index (κ3) is 1.95. The van der Waals surface area contributed by atoms with Crippen molar-refractivity contribution in [1.29, 1.82) is 0 Å². The first-order chi connectivity index (χ1) is 7.09. The monoisotopic (exact) mass is 247 g/mol. The maximum absolute atomic E-state index is 12.9. The number of halogens is 2. The molecule has 0 aliphatic carbocycles. The Morgan fingerprint density at radius 3 is 2.87 bits per heavy atom. The molecule has 1 aromatic carbocycles. The minimum absolute atomic E-state index is 0.0654. The van der Waals surface area contributed by atoms with Crippen LogP contribution in [0.4, 0.5) is 10.1 Å². The second-order valence-corrected chi connectivity index (χ2v) is 4.45. The first-order valence-electron chi connectivity index (χ1n) is 4.16. The molecule has 1 atom stereocenters. The number of benzene rings is 1. The zero-order chi connectivity index (χ0) is 11.0. The number of hydrogen-bond acceptors (Lipinski definition) is 3. The average Bonchev–Trinajstić information content (AvgIpc) is 2.52. The van der Waals surface area contributed by atoms with Gasteiger partial charge in [0.25, 0.3) is 0 Å². The molecule has 2 rings (SSSR count). The largest absolute Gasteiger partial charge is 0.364 e. The van der Waals surface area contributed by atoms with Gasteiger partial charge in [-0.3, -0.25) is 9.69 Å². The lowest BCUT2D eigenvalue weighted by molar-refractivity contribution is -0.116. The van der Waals surface area contributed by atoms with Crippen molar-refractivity contribution in [1.82, 2.24) is 0 Å². The smallest absolute Gasteiger partial charge is 0.239 e. The van der Waals surface area contributed by atoms with E-state index in [0.29, 0.717) is 5.69 Å². The highest BCUT2D eigenvalue weighted by molar-refractivity contribution is 8.01.